The lowest BCUT2D eigenvalue weighted by atomic mass is 10.2. The highest BCUT2D eigenvalue weighted by atomic mass is 32.2. The molecule has 0 atom stereocenters. The Kier molecular flexibility index (Phi) is 10.4. The van der Waals surface area contributed by atoms with Gasteiger partial charge in [-0.1, -0.05) is 36.4 Å². The van der Waals surface area contributed by atoms with Gasteiger partial charge in [-0.05, 0) is 73.1 Å². The van der Waals surface area contributed by atoms with Crippen LogP contribution in [0.1, 0.15) is 18.1 Å². The predicted octanol–water partition coefficient (Wildman–Crippen LogP) is 4.92. The van der Waals surface area contributed by atoms with E-state index >= 15 is 0 Å². The highest BCUT2D eigenvalue weighted by molar-refractivity contribution is 8.18. The van der Waals surface area contributed by atoms with Crippen LogP contribution in [-0.2, 0) is 19.1 Å². The number of nitrogens with zero attached hydrogens (tertiary/aromatic N) is 2. The minimum Gasteiger partial charge on any atom is -0.490 e. The number of hydrogen-bond donors (Lipinski definition) is 2. The summed E-state index contributed by atoms with van der Waals surface area (Å²) in [6.07, 6.45) is 1.56. The van der Waals surface area contributed by atoms with Gasteiger partial charge in [-0.15, -0.1) is 0 Å². The van der Waals surface area contributed by atoms with Crippen LogP contribution in [0.4, 0.5) is 21.9 Å². The summed E-state index contributed by atoms with van der Waals surface area (Å²) in [4.78, 5) is 54.6. The van der Waals surface area contributed by atoms with Crippen molar-refractivity contribution in [2.24, 2.45) is 0 Å². The topological polar surface area (TPSA) is 127 Å². The van der Waals surface area contributed by atoms with Crippen LogP contribution >= 0.6 is 11.8 Å². The number of nitrogens with one attached hydrogen (secondary N) is 2. The van der Waals surface area contributed by atoms with Gasteiger partial charge < -0.3 is 29.7 Å². The van der Waals surface area contributed by atoms with Crippen LogP contribution < -0.4 is 25.0 Å². The Labute approximate surface area is 265 Å². The number of rotatable bonds is 11. The van der Waals surface area contributed by atoms with E-state index < -0.39 is 23.6 Å². The van der Waals surface area contributed by atoms with E-state index in [-0.39, 0.29) is 17.4 Å². The number of carbonyl (C=O) groups excluding carboxylic acids is 4. The van der Waals surface area contributed by atoms with Crippen molar-refractivity contribution in [2.45, 2.75) is 13.8 Å². The molecule has 0 spiro atoms. The third-order valence-corrected chi connectivity index (χ3v) is 7.96. The molecule has 2 heterocycles. The summed E-state index contributed by atoms with van der Waals surface area (Å²) in [6.45, 7) is 6.00. The van der Waals surface area contributed by atoms with E-state index in [4.69, 9.17) is 14.2 Å². The van der Waals surface area contributed by atoms with Crippen LogP contribution in [0.25, 0.3) is 6.08 Å². The molecule has 234 valence electrons. The van der Waals surface area contributed by atoms with Gasteiger partial charge in [0, 0.05) is 18.8 Å². The van der Waals surface area contributed by atoms with Gasteiger partial charge in [0.2, 0.25) is 5.91 Å². The van der Waals surface area contributed by atoms with Crippen LogP contribution in [0.15, 0.2) is 71.6 Å². The molecule has 45 heavy (non-hydrogen) atoms. The van der Waals surface area contributed by atoms with Crippen LogP contribution in [0.3, 0.4) is 0 Å². The first-order chi connectivity index (χ1) is 21.8. The number of carbonyl (C=O) groups is 4. The second-order valence-corrected chi connectivity index (χ2v) is 11.2. The molecule has 0 radical (unpaired) electrons. The Morgan fingerprint density at radius 3 is 2.38 bits per heavy atom. The molecule has 0 aromatic heterocycles. The molecule has 4 amide bonds. The van der Waals surface area contributed by atoms with Gasteiger partial charge in [-0.2, -0.15) is 0 Å². The van der Waals surface area contributed by atoms with E-state index in [9.17, 15) is 19.2 Å². The molecule has 2 N–H and O–H groups in total. The molecule has 3 aromatic carbocycles. The Hall–Kier alpha value is -4.81. The number of para-hydroxylation sites is 3. The third kappa shape index (κ3) is 8.02. The van der Waals surface area contributed by atoms with Crippen molar-refractivity contribution in [2.75, 3.05) is 61.6 Å². The fourth-order valence-corrected chi connectivity index (χ4v) is 5.66. The number of ether oxygens (including phenoxy) is 3. The Morgan fingerprint density at radius 1 is 0.911 bits per heavy atom. The first kappa shape index (κ1) is 31.6. The molecular formula is C33H34N4O7S. The molecule has 2 fully saturated rings. The molecule has 5 rings (SSSR count). The summed E-state index contributed by atoms with van der Waals surface area (Å²) >= 11 is 0.762. The van der Waals surface area contributed by atoms with Gasteiger partial charge in [0.25, 0.3) is 17.1 Å². The first-order valence-electron chi connectivity index (χ1n) is 14.5. The molecular weight excluding hydrogens is 596 g/mol. The van der Waals surface area contributed by atoms with Gasteiger partial charge in [0.15, 0.2) is 18.1 Å². The fourth-order valence-electron chi connectivity index (χ4n) is 4.83. The lowest BCUT2D eigenvalue weighted by Gasteiger charge is -2.30. The number of aryl methyl sites for hydroxylation is 1. The normalized spacial score (nSPS) is 15.7. The minimum absolute atomic E-state index is 0.176. The SMILES string of the molecule is CCOc1cc(/C=C2\SC(=O)N(CC(=O)Nc3ccccc3N3CCOCC3)C2=O)ccc1OCC(=O)Nc1ccccc1C. The molecule has 11 nitrogen and oxygen atoms in total. The molecule has 12 heteroatoms. The maximum absolute atomic E-state index is 13.2. The molecule has 3 aromatic rings. The monoisotopic (exact) mass is 630 g/mol. The molecule has 2 saturated heterocycles. The van der Waals surface area contributed by atoms with Crippen LogP contribution in [0, 0.1) is 6.92 Å². The van der Waals surface area contributed by atoms with Crippen molar-refractivity contribution >= 4 is 57.9 Å². The summed E-state index contributed by atoms with van der Waals surface area (Å²) in [6, 6.07) is 19.9. The van der Waals surface area contributed by atoms with Gasteiger partial charge in [0.1, 0.15) is 6.54 Å². The quantitative estimate of drug-likeness (QED) is 0.284. The molecule has 2 aliphatic rings. The molecule has 0 unspecified atom stereocenters. The van der Waals surface area contributed by atoms with E-state index in [0.717, 1.165) is 27.9 Å². The summed E-state index contributed by atoms with van der Waals surface area (Å²) in [7, 11) is 0. The van der Waals surface area contributed by atoms with Crippen LogP contribution in [0.5, 0.6) is 11.5 Å². The largest absolute Gasteiger partial charge is 0.490 e. The number of anilines is 3. The van der Waals surface area contributed by atoms with E-state index in [1.54, 1.807) is 30.3 Å². The Morgan fingerprint density at radius 2 is 1.62 bits per heavy atom. The molecule has 0 bridgehead atoms. The zero-order valence-corrected chi connectivity index (χ0v) is 25.9. The van der Waals surface area contributed by atoms with E-state index in [0.29, 0.717) is 61.3 Å². The smallest absolute Gasteiger partial charge is 0.294 e. The van der Waals surface area contributed by atoms with Gasteiger partial charge in [-0.3, -0.25) is 24.1 Å². The summed E-state index contributed by atoms with van der Waals surface area (Å²) in [5, 5.41) is 5.14. The van der Waals surface area contributed by atoms with E-state index in [2.05, 4.69) is 15.5 Å². The molecule has 0 aliphatic carbocycles. The Balaban J connectivity index is 1.22. The average Bonchev–Trinajstić information content (AvgIpc) is 3.29. The second-order valence-electron chi connectivity index (χ2n) is 10.2. The number of hydrogen-bond acceptors (Lipinski definition) is 9. The third-order valence-electron chi connectivity index (χ3n) is 7.05. The van der Waals surface area contributed by atoms with E-state index in [1.807, 2.05) is 56.3 Å². The Bertz CT molecular complexity index is 1620. The zero-order chi connectivity index (χ0) is 31.8. The number of amides is 4. The zero-order valence-electron chi connectivity index (χ0n) is 25.0. The lowest BCUT2D eigenvalue weighted by molar-refractivity contribution is -0.127. The summed E-state index contributed by atoms with van der Waals surface area (Å²) < 4.78 is 16.9. The van der Waals surface area contributed by atoms with Crippen molar-refractivity contribution < 1.29 is 33.4 Å². The van der Waals surface area contributed by atoms with Crippen LogP contribution in [-0.4, -0.2) is 73.9 Å². The highest BCUT2D eigenvalue weighted by Gasteiger charge is 2.36. The molecule has 0 saturated carbocycles. The van der Waals surface area contributed by atoms with Crippen molar-refractivity contribution in [3.05, 3.63) is 82.8 Å². The highest BCUT2D eigenvalue weighted by Crippen LogP contribution is 2.35. The standard InChI is InChI=1S/C33H34N4O7S/c1-3-43-28-18-23(12-13-27(28)44-21-31(39)34-24-9-5-4-8-22(24)2)19-29-32(40)37(33(41)45-29)20-30(38)35-25-10-6-7-11-26(25)36-14-16-42-17-15-36/h4-13,18-19H,3,14-17,20-21H2,1-2H3,(H,34,39)(H,35,38)/b29-19-. The van der Waals surface area contributed by atoms with Crippen molar-refractivity contribution in [1.29, 1.82) is 0 Å². The van der Waals surface area contributed by atoms with Crippen molar-refractivity contribution in [3.63, 3.8) is 0 Å². The maximum Gasteiger partial charge on any atom is 0.294 e. The van der Waals surface area contributed by atoms with Crippen LogP contribution in [0.2, 0.25) is 0 Å². The van der Waals surface area contributed by atoms with Gasteiger partial charge in [-0.25, -0.2) is 0 Å². The number of thioether (sulfide) groups is 1. The predicted molar refractivity (Wildman–Crippen MR) is 174 cm³/mol. The second kappa shape index (κ2) is 14.8. The van der Waals surface area contributed by atoms with Gasteiger partial charge in [0.05, 0.1) is 36.1 Å². The first-order valence-corrected chi connectivity index (χ1v) is 15.4. The molecule has 2 aliphatic heterocycles. The maximum atomic E-state index is 13.2. The summed E-state index contributed by atoms with van der Waals surface area (Å²) in [5.41, 5.74) is 3.68. The number of morpholine rings is 1. The number of benzene rings is 3. The summed E-state index contributed by atoms with van der Waals surface area (Å²) in [5.74, 6) is -0.625. The van der Waals surface area contributed by atoms with Gasteiger partial charge >= 0.3 is 0 Å². The average molecular weight is 631 g/mol. The van der Waals surface area contributed by atoms with E-state index in [1.165, 1.54) is 0 Å². The number of imide groups is 1. The fraction of sp³-hybridized carbons (Fsp3) is 0.273. The minimum atomic E-state index is -0.562. The lowest BCUT2D eigenvalue weighted by Crippen LogP contribution is -2.38. The van der Waals surface area contributed by atoms with Crippen molar-refractivity contribution in [3.8, 4) is 11.5 Å². The van der Waals surface area contributed by atoms with Crippen molar-refractivity contribution in [1.82, 2.24) is 4.90 Å².